The topological polar surface area (TPSA) is 147 Å². The molecule has 3 aromatic rings. The van der Waals surface area contributed by atoms with Crippen molar-refractivity contribution in [2.24, 2.45) is 5.73 Å². The van der Waals surface area contributed by atoms with Gasteiger partial charge in [0.15, 0.2) is 6.61 Å². The second kappa shape index (κ2) is 11.5. The second-order valence-corrected chi connectivity index (χ2v) is 8.85. The van der Waals surface area contributed by atoms with Crippen molar-refractivity contribution in [3.05, 3.63) is 51.4 Å². The van der Waals surface area contributed by atoms with Crippen LogP contribution in [0.25, 0.3) is 16.3 Å². The fraction of sp³-hybridized carbons (Fsp3) is 0.227. The molecule has 0 aliphatic rings. The number of para-hydroxylation sites is 1. The van der Waals surface area contributed by atoms with Crippen LogP contribution < -0.4 is 11.1 Å². The van der Waals surface area contributed by atoms with E-state index in [9.17, 15) is 19.2 Å². The molecule has 0 spiro atoms. The van der Waals surface area contributed by atoms with Crippen LogP contribution in [-0.4, -0.2) is 55.7 Å². The number of thiazole rings is 1. The summed E-state index contributed by atoms with van der Waals surface area (Å²) in [6.07, 6.45) is 2.67. The molecule has 2 amide bonds. The number of hydrogen-bond acceptors (Lipinski definition) is 10. The molecule has 178 valence electrons. The maximum Gasteiger partial charge on any atom is 0.341 e. The van der Waals surface area contributed by atoms with Gasteiger partial charge in [-0.05, 0) is 30.7 Å². The minimum Gasteiger partial charge on any atom is -0.460 e. The summed E-state index contributed by atoms with van der Waals surface area (Å²) in [5.41, 5.74) is 6.47. The Labute approximate surface area is 202 Å². The fourth-order valence-corrected chi connectivity index (χ4v) is 4.75. The average molecular weight is 504 g/mol. The third-order valence-electron chi connectivity index (χ3n) is 4.37. The molecule has 2 aromatic heterocycles. The molecular weight excluding hydrogens is 482 g/mol. The van der Waals surface area contributed by atoms with E-state index in [1.165, 1.54) is 37.5 Å². The van der Waals surface area contributed by atoms with Gasteiger partial charge in [-0.15, -0.1) is 22.7 Å². The molecule has 2 heterocycles. The molecule has 0 saturated carbocycles. The van der Waals surface area contributed by atoms with Gasteiger partial charge in [-0.3, -0.25) is 9.59 Å². The quantitative estimate of drug-likeness (QED) is 0.244. The molecule has 0 radical (unpaired) electrons. The molecule has 0 aliphatic carbocycles. The molecule has 3 rings (SSSR count). The Bertz CT molecular complexity index is 1230. The fourth-order valence-electron chi connectivity index (χ4n) is 2.82. The Morgan fingerprint density at radius 2 is 1.88 bits per heavy atom. The predicted octanol–water partition coefficient (Wildman–Crippen LogP) is 2.76. The monoisotopic (exact) mass is 503 g/mol. The van der Waals surface area contributed by atoms with Crippen LogP contribution in [0.15, 0.2) is 30.3 Å². The number of anilines is 1. The molecule has 0 unspecified atom stereocenters. The summed E-state index contributed by atoms with van der Waals surface area (Å²) < 4.78 is 15.9. The number of carbonyl (C=O) groups is 4. The van der Waals surface area contributed by atoms with E-state index >= 15 is 0 Å². The van der Waals surface area contributed by atoms with E-state index in [2.05, 4.69) is 10.3 Å². The number of amides is 2. The van der Waals surface area contributed by atoms with Crippen LogP contribution in [-0.2, 0) is 23.8 Å². The first-order chi connectivity index (χ1) is 16.3. The minimum absolute atomic E-state index is 0.00492. The van der Waals surface area contributed by atoms with Crippen LogP contribution >= 0.6 is 22.7 Å². The average Bonchev–Trinajstić information content (AvgIpc) is 3.36. The number of hydrogen-bond donors (Lipinski definition) is 2. The van der Waals surface area contributed by atoms with Crippen molar-refractivity contribution in [1.29, 1.82) is 0 Å². The first-order valence-corrected chi connectivity index (χ1v) is 11.5. The minimum atomic E-state index is -0.750. The molecule has 1 aromatic carbocycles. The van der Waals surface area contributed by atoms with Gasteiger partial charge in [-0.1, -0.05) is 12.1 Å². The Morgan fingerprint density at radius 3 is 2.59 bits per heavy atom. The molecule has 0 atom stereocenters. The van der Waals surface area contributed by atoms with E-state index in [0.29, 0.717) is 5.01 Å². The molecule has 34 heavy (non-hydrogen) atoms. The van der Waals surface area contributed by atoms with Crippen molar-refractivity contribution in [2.75, 3.05) is 32.2 Å². The molecule has 10 nitrogen and oxygen atoms in total. The van der Waals surface area contributed by atoms with Crippen LogP contribution in [0, 0.1) is 6.92 Å². The number of nitrogens with one attached hydrogen (secondary N) is 1. The highest BCUT2D eigenvalue weighted by Gasteiger charge is 2.26. The van der Waals surface area contributed by atoms with E-state index in [0.717, 1.165) is 21.6 Å². The highest BCUT2D eigenvalue weighted by Crippen LogP contribution is 2.33. The van der Waals surface area contributed by atoms with Crippen LogP contribution in [0.1, 0.15) is 30.6 Å². The van der Waals surface area contributed by atoms with Gasteiger partial charge >= 0.3 is 11.9 Å². The van der Waals surface area contributed by atoms with Gasteiger partial charge in [0.1, 0.15) is 16.6 Å². The molecule has 0 bridgehead atoms. The zero-order valence-electron chi connectivity index (χ0n) is 18.3. The Morgan fingerprint density at radius 1 is 1.12 bits per heavy atom. The lowest BCUT2D eigenvalue weighted by Gasteiger charge is -2.08. The van der Waals surface area contributed by atoms with Crippen LogP contribution in [0.2, 0.25) is 0 Å². The third-order valence-corrected chi connectivity index (χ3v) is 6.59. The van der Waals surface area contributed by atoms with Gasteiger partial charge in [0.2, 0.25) is 0 Å². The number of thiophene rings is 1. The van der Waals surface area contributed by atoms with Crippen molar-refractivity contribution in [3.8, 4) is 0 Å². The summed E-state index contributed by atoms with van der Waals surface area (Å²) in [6, 6.07) is 7.55. The number of esters is 2. The van der Waals surface area contributed by atoms with Gasteiger partial charge in [-0.2, -0.15) is 0 Å². The van der Waals surface area contributed by atoms with Crippen LogP contribution in [0.5, 0.6) is 0 Å². The zero-order chi connectivity index (χ0) is 24.7. The number of rotatable bonds is 10. The second-order valence-electron chi connectivity index (χ2n) is 6.76. The van der Waals surface area contributed by atoms with Crippen molar-refractivity contribution < 1.29 is 33.4 Å². The SMILES string of the molecule is COCCOC(=O)c1c(NC(=O)COC(=O)/C=C/c2nc3ccccc3s2)sc(C(N)=O)c1C. The van der Waals surface area contributed by atoms with E-state index < -0.39 is 30.4 Å². The number of benzene rings is 1. The number of fused-ring (bicyclic) bond motifs is 1. The first kappa shape index (κ1) is 25.0. The number of nitrogens with zero attached hydrogens (tertiary/aromatic N) is 1. The number of methoxy groups -OCH3 is 1. The lowest BCUT2D eigenvalue weighted by molar-refractivity contribution is -0.142. The highest BCUT2D eigenvalue weighted by molar-refractivity contribution is 7.19. The smallest absolute Gasteiger partial charge is 0.341 e. The number of nitrogens with two attached hydrogens (primary N) is 1. The summed E-state index contributed by atoms with van der Waals surface area (Å²) in [5.74, 6) is -2.94. The Balaban J connectivity index is 1.62. The summed E-state index contributed by atoms with van der Waals surface area (Å²) in [4.78, 5) is 52.9. The summed E-state index contributed by atoms with van der Waals surface area (Å²) >= 11 is 2.24. The highest BCUT2D eigenvalue weighted by atomic mass is 32.1. The summed E-state index contributed by atoms with van der Waals surface area (Å²) in [7, 11) is 1.45. The van der Waals surface area contributed by atoms with E-state index in [4.69, 9.17) is 19.9 Å². The summed E-state index contributed by atoms with van der Waals surface area (Å²) in [5, 5.41) is 3.16. The predicted molar refractivity (Wildman–Crippen MR) is 128 cm³/mol. The van der Waals surface area contributed by atoms with Crippen LogP contribution in [0.4, 0.5) is 5.00 Å². The van der Waals surface area contributed by atoms with Crippen molar-refractivity contribution in [3.63, 3.8) is 0 Å². The molecular formula is C22H21N3O7S2. The number of carbonyl (C=O) groups excluding carboxylic acids is 4. The Kier molecular flexibility index (Phi) is 8.46. The van der Waals surface area contributed by atoms with Crippen molar-refractivity contribution in [2.45, 2.75) is 6.92 Å². The maximum absolute atomic E-state index is 12.5. The molecule has 3 N–H and O–H groups in total. The standard InChI is InChI=1S/C22H21N3O7S2/c1-12-18(22(29)31-10-9-30-2)21(34-19(12)20(23)28)25-15(26)11-32-17(27)8-7-16-24-13-5-3-4-6-14(13)33-16/h3-8H,9-11H2,1-2H3,(H2,23,28)(H,25,26)/b8-7+. The molecule has 12 heteroatoms. The van der Waals surface area contributed by atoms with Crippen molar-refractivity contribution >= 4 is 67.7 Å². The van der Waals surface area contributed by atoms with E-state index in [-0.39, 0.29) is 34.2 Å². The Hall–Kier alpha value is -3.61. The van der Waals surface area contributed by atoms with Gasteiger partial charge in [0.05, 0.1) is 27.3 Å². The van der Waals surface area contributed by atoms with E-state index in [1.807, 2.05) is 24.3 Å². The van der Waals surface area contributed by atoms with Gasteiger partial charge < -0.3 is 25.3 Å². The summed E-state index contributed by atoms with van der Waals surface area (Å²) in [6.45, 7) is 1.08. The van der Waals surface area contributed by atoms with Crippen molar-refractivity contribution in [1.82, 2.24) is 4.98 Å². The lowest BCUT2D eigenvalue weighted by Crippen LogP contribution is -2.21. The number of aromatic nitrogens is 1. The van der Waals surface area contributed by atoms with E-state index in [1.54, 1.807) is 0 Å². The maximum atomic E-state index is 12.5. The van der Waals surface area contributed by atoms with Gasteiger partial charge in [0, 0.05) is 13.2 Å². The third kappa shape index (κ3) is 6.25. The lowest BCUT2D eigenvalue weighted by atomic mass is 10.1. The zero-order valence-corrected chi connectivity index (χ0v) is 19.9. The number of ether oxygens (including phenoxy) is 3. The molecule has 0 fully saturated rings. The molecule has 0 saturated heterocycles. The largest absolute Gasteiger partial charge is 0.460 e. The first-order valence-electron chi connectivity index (χ1n) is 9.89. The normalized spacial score (nSPS) is 11.0. The van der Waals surface area contributed by atoms with Gasteiger partial charge in [-0.25, -0.2) is 14.6 Å². The van der Waals surface area contributed by atoms with Crippen LogP contribution in [0.3, 0.4) is 0 Å². The van der Waals surface area contributed by atoms with Gasteiger partial charge in [0.25, 0.3) is 11.8 Å². The number of primary amides is 1. The molecule has 0 aliphatic heterocycles.